The quantitative estimate of drug-likeness (QED) is 0.734. The Bertz CT molecular complexity index is 544. The van der Waals surface area contributed by atoms with Gasteiger partial charge in [-0.05, 0) is 18.6 Å². The zero-order valence-corrected chi connectivity index (χ0v) is 9.27. The molecular formula is C14H14N2. The van der Waals surface area contributed by atoms with Crippen molar-refractivity contribution in [2.75, 3.05) is 0 Å². The number of rotatable bonds is 1. The number of nitrogens with two attached hydrogens (primary N) is 1. The first-order valence-corrected chi connectivity index (χ1v) is 5.42. The molecule has 1 heterocycles. The van der Waals surface area contributed by atoms with Gasteiger partial charge >= 0.3 is 0 Å². The highest BCUT2D eigenvalue weighted by molar-refractivity contribution is 5.84. The van der Waals surface area contributed by atoms with Crippen molar-refractivity contribution >= 4 is 10.9 Å². The molecule has 2 heteroatoms. The minimum atomic E-state index is -0.0565. The molecule has 80 valence electrons. The monoisotopic (exact) mass is 210 g/mol. The SMILES string of the molecule is CCC(N)C#Cc1cccc2cccnc12. The van der Waals surface area contributed by atoms with Crippen molar-refractivity contribution in [1.82, 2.24) is 4.98 Å². The summed E-state index contributed by atoms with van der Waals surface area (Å²) in [7, 11) is 0. The van der Waals surface area contributed by atoms with Crippen LogP contribution in [-0.4, -0.2) is 11.0 Å². The van der Waals surface area contributed by atoms with E-state index in [0.29, 0.717) is 0 Å². The van der Waals surface area contributed by atoms with E-state index < -0.39 is 0 Å². The lowest BCUT2D eigenvalue weighted by molar-refractivity contribution is 0.806. The number of hydrogen-bond acceptors (Lipinski definition) is 2. The lowest BCUT2D eigenvalue weighted by Gasteiger charge is -1.99. The lowest BCUT2D eigenvalue weighted by Crippen LogP contribution is -2.15. The molecule has 1 aromatic carbocycles. The summed E-state index contributed by atoms with van der Waals surface area (Å²) in [6.45, 7) is 2.03. The van der Waals surface area contributed by atoms with Crippen LogP contribution in [0.2, 0.25) is 0 Å². The second-order valence-corrected chi connectivity index (χ2v) is 3.66. The van der Waals surface area contributed by atoms with Crippen molar-refractivity contribution in [3.8, 4) is 11.8 Å². The van der Waals surface area contributed by atoms with Gasteiger partial charge in [-0.2, -0.15) is 0 Å². The summed E-state index contributed by atoms with van der Waals surface area (Å²) in [6.07, 6.45) is 2.65. The smallest absolute Gasteiger partial charge is 0.0858 e. The number of pyridine rings is 1. The van der Waals surface area contributed by atoms with Gasteiger partial charge in [-0.15, -0.1) is 0 Å². The summed E-state index contributed by atoms with van der Waals surface area (Å²) in [6, 6.07) is 9.91. The van der Waals surface area contributed by atoms with Crippen LogP contribution in [0.4, 0.5) is 0 Å². The maximum absolute atomic E-state index is 5.77. The standard InChI is InChI=1S/C14H14N2/c1-2-13(15)9-8-12-6-3-5-11-7-4-10-16-14(11)12/h3-7,10,13H,2,15H2,1H3. The van der Waals surface area contributed by atoms with Gasteiger partial charge in [0.25, 0.3) is 0 Å². The summed E-state index contributed by atoms with van der Waals surface area (Å²) in [5.41, 5.74) is 7.66. The predicted octanol–water partition coefficient (Wildman–Crippen LogP) is 2.32. The molecular weight excluding hydrogens is 196 g/mol. The van der Waals surface area contributed by atoms with E-state index in [1.54, 1.807) is 6.20 Å². The molecule has 1 atom stereocenters. The molecule has 1 unspecified atom stereocenters. The molecule has 2 aromatic rings. The van der Waals surface area contributed by atoms with Gasteiger partial charge in [0.15, 0.2) is 0 Å². The van der Waals surface area contributed by atoms with Crippen molar-refractivity contribution in [3.05, 3.63) is 42.1 Å². The summed E-state index contributed by atoms with van der Waals surface area (Å²) in [5.74, 6) is 6.13. The fourth-order valence-electron chi connectivity index (χ4n) is 1.48. The second kappa shape index (κ2) is 4.78. The highest BCUT2D eigenvalue weighted by Gasteiger charge is 1.98. The molecule has 1 aromatic heterocycles. The van der Waals surface area contributed by atoms with Crippen LogP contribution in [0.15, 0.2) is 36.5 Å². The van der Waals surface area contributed by atoms with Gasteiger partial charge in [-0.25, -0.2) is 0 Å². The van der Waals surface area contributed by atoms with Crippen LogP contribution < -0.4 is 5.73 Å². The van der Waals surface area contributed by atoms with Crippen LogP contribution in [0.1, 0.15) is 18.9 Å². The highest BCUT2D eigenvalue weighted by atomic mass is 14.6. The largest absolute Gasteiger partial charge is 0.318 e. The molecule has 2 rings (SSSR count). The fraction of sp³-hybridized carbons (Fsp3) is 0.214. The molecule has 2 nitrogen and oxygen atoms in total. The van der Waals surface area contributed by atoms with E-state index in [9.17, 15) is 0 Å². The first-order chi connectivity index (χ1) is 7.81. The van der Waals surface area contributed by atoms with Crippen LogP contribution in [0.5, 0.6) is 0 Å². The molecule has 0 radical (unpaired) electrons. The number of aromatic nitrogens is 1. The Morgan fingerprint density at radius 1 is 1.31 bits per heavy atom. The maximum atomic E-state index is 5.77. The average Bonchev–Trinajstić information content (AvgIpc) is 2.35. The third-order valence-electron chi connectivity index (χ3n) is 2.46. The van der Waals surface area contributed by atoms with E-state index in [1.807, 2.05) is 37.3 Å². The van der Waals surface area contributed by atoms with E-state index >= 15 is 0 Å². The van der Waals surface area contributed by atoms with Crippen LogP contribution >= 0.6 is 0 Å². The van der Waals surface area contributed by atoms with E-state index in [1.165, 1.54) is 0 Å². The number of hydrogen-bond donors (Lipinski definition) is 1. The van der Waals surface area contributed by atoms with E-state index in [4.69, 9.17) is 5.73 Å². The number of fused-ring (bicyclic) bond motifs is 1. The van der Waals surface area contributed by atoms with Gasteiger partial charge in [0, 0.05) is 11.6 Å². The third kappa shape index (κ3) is 2.21. The zero-order valence-electron chi connectivity index (χ0n) is 9.27. The van der Waals surface area contributed by atoms with Crippen LogP contribution in [-0.2, 0) is 0 Å². The lowest BCUT2D eigenvalue weighted by atomic mass is 10.1. The Balaban J connectivity index is 2.47. The van der Waals surface area contributed by atoms with Crippen LogP contribution in [0, 0.1) is 11.8 Å². The minimum absolute atomic E-state index is 0.0565. The Labute approximate surface area is 95.5 Å². The molecule has 16 heavy (non-hydrogen) atoms. The molecule has 0 bridgehead atoms. The van der Waals surface area contributed by atoms with Gasteiger partial charge in [-0.3, -0.25) is 4.98 Å². The Morgan fingerprint density at radius 3 is 2.94 bits per heavy atom. The van der Waals surface area contributed by atoms with Gasteiger partial charge in [0.2, 0.25) is 0 Å². The van der Waals surface area contributed by atoms with Crippen LogP contribution in [0.3, 0.4) is 0 Å². The summed E-state index contributed by atoms with van der Waals surface area (Å²) >= 11 is 0. The molecule has 0 aliphatic heterocycles. The minimum Gasteiger partial charge on any atom is -0.318 e. The number of nitrogens with zero attached hydrogens (tertiary/aromatic N) is 1. The predicted molar refractivity (Wildman–Crippen MR) is 66.9 cm³/mol. The van der Waals surface area contributed by atoms with Crippen molar-refractivity contribution in [1.29, 1.82) is 0 Å². The molecule has 0 amide bonds. The molecule has 0 fully saturated rings. The molecule has 0 spiro atoms. The second-order valence-electron chi connectivity index (χ2n) is 3.66. The highest BCUT2D eigenvalue weighted by Crippen LogP contribution is 2.14. The van der Waals surface area contributed by atoms with Gasteiger partial charge in [0.05, 0.1) is 17.1 Å². The fourth-order valence-corrected chi connectivity index (χ4v) is 1.48. The Hall–Kier alpha value is -1.85. The van der Waals surface area contributed by atoms with Gasteiger partial charge in [0.1, 0.15) is 0 Å². The average molecular weight is 210 g/mol. The van der Waals surface area contributed by atoms with Crippen molar-refractivity contribution < 1.29 is 0 Å². The Morgan fingerprint density at radius 2 is 2.12 bits per heavy atom. The van der Waals surface area contributed by atoms with Gasteiger partial charge in [-0.1, -0.05) is 37.0 Å². The first-order valence-electron chi connectivity index (χ1n) is 5.42. The summed E-state index contributed by atoms with van der Waals surface area (Å²) in [4.78, 5) is 4.34. The summed E-state index contributed by atoms with van der Waals surface area (Å²) in [5, 5.41) is 1.11. The Kier molecular flexibility index (Phi) is 3.19. The molecule has 0 saturated heterocycles. The van der Waals surface area contributed by atoms with E-state index in [0.717, 1.165) is 22.9 Å². The normalized spacial score (nSPS) is 11.9. The van der Waals surface area contributed by atoms with Crippen molar-refractivity contribution in [3.63, 3.8) is 0 Å². The summed E-state index contributed by atoms with van der Waals surface area (Å²) < 4.78 is 0. The molecule has 2 N–H and O–H groups in total. The first kappa shape index (κ1) is 10.7. The van der Waals surface area contributed by atoms with Gasteiger partial charge < -0.3 is 5.73 Å². The topological polar surface area (TPSA) is 38.9 Å². The number of para-hydroxylation sites is 1. The van der Waals surface area contributed by atoms with E-state index in [-0.39, 0.29) is 6.04 Å². The molecule has 0 aliphatic carbocycles. The van der Waals surface area contributed by atoms with Crippen molar-refractivity contribution in [2.45, 2.75) is 19.4 Å². The number of benzene rings is 1. The maximum Gasteiger partial charge on any atom is 0.0858 e. The zero-order chi connectivity index (χ0) is 11.4. The molecule has 0 saturated carbocycles. The molecule has 0 aliphatic rings. The van der Waals surface area contributed by atoms with E-state index in [2.05, 4.69) is 16.8 Å². The van der Waals surface area contributed by atoms with Crippen LogP contribution in [0.25, 0.3) is 10.9 Å². The third-order valence-corrected chi connectivity index (χ3v) is 2.46. The van der Waals surface area contributed by atoms with Crippen molar-refractivity contribution in [2.24, 2.45) is 5.73 Å².